The second-order valence-corrected chi connectivity index (χ2v) is 7.75. The average molecular weight is 395 g/mol. The number of amides is 4. The first kappa shape index (κ1) is 18.3. The minimum atomic E-state index is -0.998. The molecule has 12 heteroatoms. The molecular formula is C14H17N7O3S2. The lowest BCUT2D eigenvalue weighted by molar-refractivity contribution is -0.137. The van der Waals surface area contributed by atoms with Crippen molar-refractivity contribution in [1.29, 1.82) is 0 Å². The highest BCUT2D eigenvalue weighted by Gasteiger charge is 2.47. The van der Waals surface area contributed by atoms with Crippen LogP contribution in [0.5, 0.6) is 0 Å². The molecule has 0 spiro atoms. The maximum absolute atomic E-state index is 12.3. The zero-order chi connectivity index (χ0) is 18.7. The summed E-state index contributed by atoms with van der Waals surface area (Å²) in [6.45, 7) is 3.91. The van der Waals surface area contributed by atoms with E-state index in [-0.39, 0.29) is 5.75 Å². The van der Waals surface area contributed by atoms with E-state index in [2.05, 4.69) is 26.3 Å². The van der Waals surface area contributed by atoms with E-state index in [1.54, 1.807) is 29.9 Å². The van der Waals surface area contributed by atoms with Gasteiger partial charge in [0.25, 0.3) is 5.91 Å². The number of imide groups is 1. The smallest absolute Gasteiger partial charge is 0.322 e. The van der Waals surface area contributed by atoms with Gasteiger partial charge in [-0.3, -0.25) is 15.0 Å². The lowest BCUT2D eigenvalue weighted by atomic mass is 10.00. The van der Waals surface area contributed by atoms with E-state index in [1.807, 2.05) is 17.5 Å². The highest BCUT2D eigenvalue weighted by molar-refractivity contribution is 7.99. The number of thiophene rings is 1. The Kier molecular flexibility index (Phi) is 5.23. The van der Waals surface area contributed by atoms with E-state index in [0.29, 0.717) is 18.1 Å². The number of thioether (sulfide) groups is 1. The Balaban J connectivity index is 1.56. The van der Waals surface area contributed by atoms with Crippen molar-refractivity contribution in [2.45, 2.75) is 37.5 Å². The first-order valence-corrected chi connectivity index (χ1v) is 9.67. The lowest BCUT2D eigenvalue weighted by Gasteiger charge is -2.19. The molecule has 0 aliphatic carbocycles. The summed E-state index contributed by atoms with van der Waals surface area (Å²) in [4.78, 5) is 37.4. The van der Waals surface area contributed by atoms with Crippen LogP contribution in [0.1, 0.15) is 25.1 Å². The molecule has 10 nitrogen and oxygen atoms in total. The third-order valence-corrected chi connectivity index (χ3v) is 5.74. The number of aromatic nitrogens is 4. The van der Waals surface area contributed by atoms with Gasteiger partial charge in [0.15, 0.2) is 0 Å². The topological polar surface area (TPSA) is 122 Å². The molecule has 0 radical (unpaired) electrons. The van der Waals surface area contributed by atoms with Crippen LogP contribution in [0.3, 0.4) is 0 Å². The summed E-state index contributed by atoms with van der Waals surface area (Å²) in [7, 11) is 0. The molecule has 1 atom stereocenters. The van der Waals surface area contributed by atoms with Gasteiger partial charge in [0.1, 0.15) is 5.54 Å². The lowest BCUT2D eigenvalue weighted by Crippen LogP contribution is -2.49. The molecule has 2 aromatic rings. The second-order valence-electron chi connectivity index (χ2n) is 5.78. The summed E-state index contributed by atoms with van der Waals surface area (Å²) in [6, 6.07) is 3.27. The van der Waals surface area contributed by atoms with Crippen LogP contribution >= 0.6 is 23.1 Å². The van der Waals surface area contributed by atoms with Crippen molar-refractivity contribution in [3.8, 4) is 0 Å². The maximum Gasteiger partial charge on any atom is 0.344 e. The molecular weight excluding hydrogens is 378 g/mol. The minimum absolute atomic E-state index is 0.0370. The molecule has 0 unspecified atom stereocenters. The second kappa shape index (κ2) is 7.41. The molecule has 4 amide bonds. The van der Waals surface area contributed by atoms with Crippen molar-refractivity contribution in [2.24, 2.45) is 0 Å². The first-order chi connectivity index (χ1) is 12.4. The first-order valence-electron chi connectivity index (χ1n) is 7.80. The number of nitrogens with zero attached hydrogens (tertiary/aromatic N) is 5. The van der Waals surface area contributed by atoms with Gasteiger partial charge in [-0.05, 0) is 35.2 Å². The summed E-state index contributed by atoms with van der Waals surface area (Å²) >= 11 is 2.71. The fourth-order valence-corrected chi connectivity index (χ4v) is 3.62. The Morgan fingerprint density at radius 2 is 2.27 bits per heavy atom. The van der Waals surface area contributed by atoms with Gasteiger partial charge in [-0.1, -0.05) is 24.8 Å². The van der Waals surface area contributed by atoms with Crippen molar-refractivity contribution in [1.82, 2.24) is 36.0 Å². The Morgan fingerprint density at radius 3 is 2.92 bits per heavy atom. The Hall–Kier alpha value is -2.47. The molecule has 3 rings (SSSR count). The van der Waals surface area contributed by atoms with E-state index in [1.165, 1.54) is 0 Å². The van der Waals surface area contributed by atoms with Crippen molar-refractivity contribution >= 4 is 40.9 Å². The highest BCUT2D eigenvalue weighted by Crippen LogP contribution is 2.20. The monoisotopic (exact) mass is 395 g/mol. The zero-order valence-electron chi connectivity index (χ0n) is 14.1. The molecule has 1 aliphatic heterocycles. The van der Waals surface area contributed by atoms with Crippen molar-refractivity contribution in [3.05, 3.63) is 22.4 Å². The van der Waals surface area contributed by atoms with Crippen LogP contribution in [0, 0.1) is 0 Å². The number of nitrogens with one attached hydrogen (secondary N) is 2. The average Bonchev–Trinajstić information content (AvgIpc) is 3.32. The number of hydrazine groups is 1. The molecule has 1 aliphatic rings. The minimum Gasteiger partial charge on any atom is -0.322 e. The van der Waals surface area contributed by atoms with Crippen molar-refractivity contribution < 1.29 is 14.4 Å². The summed E-state index contributed by atoms with van der Waals surface area (Å²) in [5.41, 5.74) is 1.33. The van der Waals surface area contributed by atoms with E-state index >= 15 is 0 Å². The Bertz CT molecular complexity index is 822. The summed E-state index contributed by atoms with van der Waals surface area (Å²) in [5, 5.41) is 17.2. The highest BCUT2D eigenvalue weighted by atomic mass is 32.2. The summed E-state index contributed by atoms with van der Waals surface area (Å²) in [6.07, 6.45) is 0.427. The van der Waals surface area contributed by atoms with Crippen LogP contribution in [0.4, 0.5) is 4.79 Å². The van der Waals surface area contributed by atoms with E-state index < -0.39 is 23.4 Å². The van der Waals surface area contributed by atoms with Crippen molar-refractivity contribution in [2.75, 3.05) is 5.75 Å². The number of rotatable bonds is 7. The predicted molar refractivity (Wildman–Crippen MR) is 94.2 cm³/mol. The Labute approximate surface area is 157 Å². The Morgan fingerprint density at radius 1 is 1.46 bits per heavy atom. The molecule has 2 N–H and O–H groups in total. The van der Waals surface area contributed by atoms with Crippen LogP contribution in [0.2, 0.25) is 0 Å². The number of tetrazole rings is 1. The number of hydrogen-bond acceptors (Lipinski definition) is 8. The van der Waals surface area contributed by atoms with Gasteiger partial charge >= 0.3 is 6.03 Å². The molecule has 0 saturated carbocycles. The number of hydrogen-bond donors (Lipinski definition) is 2. The van der Waals surface area contributed by atoms with Gasteiger partial charge in [-0.2, -0.15) is 5.01 Å². The third kappa shape index (κ3) is 3.70. The molecule has 0 aromatic carbocycles. The van der Waals surface area contributed by atoms with Gasteiger partial charge in [-0.15, -0.1) is 16.4 Å². The van der Waals surface area contributed by atoms with Gasteiger partial charge in [0.05, 0.1) is 12.3 Å². The standard InChI is InChI=1S/C14H17N7O3S2/c1-3-14(2)11(23)21(12(24)15-14)17-10(22)8-26-13-16-18-19-20(13)7-9-5-4-6-25-9/h4-6H,3,7-8H2,1-2H3,(H,15,24)(H,17,22)/t14-/m0/s1. The van der Waals surface area contributed by atoms with E-state index in [9.17, 15) is 14.4 Å². The van der Waals surface area contributed by atoms with Gasteiger partial charge in [-0.25, -0.2) is 9.48 Å². The van der Waals surface area contributed by atoms with Crippen LogP contribution < -0.4 is 10.7 Å². The molecule has 3 heterocycles. The molecule has 0 bridgehead atoms. The maximum atomic E-state index is 12.3. The SMILES string of the molecule is CC[C@]1(C)NC(=O)N(NC(=O)CSc2nnnn2Cc2cccs2)C1=O. The number of carbonyl (C=O) groups excluding carboxylic acids is 3. The number of urea groups is 1. The summed E-state index contributed by atoms with van der Waals surface area (Å²) < 4.78 is 1.59. The molecule has 2 aromatic heterocycles. The molecule has 1 saturated heterocycles. The van der Waals surface area contributed by atoms with Gasteiger partial charge in [0, 0.05) is 4.88 Å². The van der Waals surface area contributed by atoms with Crippen LogP contribution in [0.25, 0.3) is 0 Å². The largest absolute Gasteiger partial charge is 0.344 e. The fraction of sp³-hybridized carbons (Fsp3) is 0.429. The predicted octanol–water partition coefficient (Wildman–Crippen LogP) is 0.627. The van der Waals surface area contributed by atoms with Crippen LogP contribution in [0.15, 0.2) is 22.7 Å². The van der Waals surface area contributed by atoms with E-state index in [0.717, 1.165) is 21.6 Å². The van der Waals surface area contributed by atoms with Crippen LogP contribution in [-0.2, 0) is 16.1 Å². The van der Waals surface area contributed by atoms with Crippen LogP contribution in [-0.4, -0.2) is 54.4 Å². The quantitative estimate of drug-likeness (QED) is 0.521. The van der Waals surface area contributed by atoms with Crippen molar-refractivity contribution in [3.63, 3.8) is 0 Å². The third-order valence-electron chi connectivity index (χ3n) is 3.92. The zero-order valence-corrected chi connectivity index (χ0v) is 15.8. The summed E-state index contributed by atoms with van der Waals surface area (Å²) in [5.74, 6) is -1.01. The van der Waals surface area contributed by atoms with Gasteiger partial charge in [0.2, 0.25) is 11.1 Å². The normalized spacial score (nSPS) is 19.7. The van der Waals surface area contributed by atoms with E-state index in [4.69, 9.17) is 0 Å². The molecule has 1 fully saturated rings. The molecule has 138 valence electrons. The molecule has 26 heavy (non-hydrogen) atoms. The number of carbonyl (C=O) groups is 3. The fourth-order valence-electron chi connectivity index (χ4n) is 2.26. The van der Waals surface area contributed by atoms with Gasteiger partial charge < -0.3 is 5.32 Å².